The minimum absolute atomic E-state index is 0.208. The average molecular weight is 371 g/mol. The van der Waals surface area contributed by atoms with E-state index < -0.39 is 31.1 Å². The van der Waals surface area contributed by atoms with Gasteiger partial charge in [0.1, 0.15) is 24.6 Å². The van der Waals surface area contributed by atoms with Gasteiger partial charge in [-0.05, 0) is 12.1 Å². The number of nitrogens with one attached hydrogen (secondary N) is 1. The van der Waals surface area contributed by atoms with Crippen LogP contribution < -0.4 is 5.32 Å². The SMILES string of the molecule is O=C(Nc1ncnc2c1ncn2[C@H]1O[C@@H](CO)[C@@H](O)[C@@H]1O)c1ccccc1. The summed E-state index contributed by atoms with van der Waals surface area (Å²) in [4.78, 5) is 24.8. The number of carbonyl (C=O) groups excluding carboxylic acids is 1. The molecular formula is C17H17N5O5. The number of aliphatic hydroxyl groups is 3. The van der Waals surface area contributed by atoms with Crippen LogP contribution in [-0.4, -0.2) is 65.7 Å². The van der Waals surface area contributed by atoms with Crippen LogP contribution in [0, 0.1) is 0 Å². The fraction of sp³-hybridized carbons (Fsp3) is 0.294. The van der Waals surface area contributed by atoms with Gasteiger partial charge in [0.15, 0.2) is 23.2 Å². The van der Waals surface area contributed by atoms with Crippen LogP contribution in [0.15, 0.2) is 43.0 Å². The van der Waals surface area contributed by atoms with E-state index in [2.05, 4.69) is 20.3 Å². The van der Waals surface area contributed by atoms with Crippen molar-refractivity contribution in [3.05, 3.63) is 48.5 Å². The van der Waals surface area contributed by atoms with E-state index >= 15 is 0 Å². The Morgan fingerprint density at radius 3 is 2.63 bits per heavy atom. The van der Waals surface area contributed by atoms with Gasteiger partial charge >= 0.3 is 0 Å². The topological polar surface area (TPSA) is 143 Å². The van der Waals surface area contributed by atoms with Crippen LogP contribution in [0.5, 0.6) is 0 Å². The highest BCUT2D eigenvalue weighted by Gasteiger charge is 2.44. The fourth-order valence-electron chi connectivity index (χ4n) is 3.01. The molecule has 0 aliphatic carbocycles. The monoisotopic (exact) mass is 371 g/mol. The first kappa shape index (κ1) is 17.5. The van der Waals surface area contributed by atoms with E-state index in [4.69, 9.17) is 4.74 Å². The Morgan fingerprint density at radius 2 is 1.93 bits per heavy atom. The van der Waals surface area contributed by atoms with Crippen LogP contribution in [0.25, 0.3) is 11.2 Å². The second kappa shape index (κ2) is 7.00. The third-order valence-electron chi connectivity index (χ3n) is 4.42. The lowest BCUT2D eigenvalue weighted by Crippen LogP contribution is -2.33. The molecule has 0 saturated carbocycles. The van der Waals surface area contributed by atoms with E-state index in [-0.39, 0.29) is 11.7 Å². The third-order valence-corrected chi connectivity index (χ3v) is 4.42. The third kappa shape index (κ3) is 3.04. The molecule has 1 aliphatic rings. The van der Waals surface area contributed by atoms with Crippen molar-refractivity contribution in [1.82, 2.24) is 19.5 Å². The van der Waals surface area contributed by atoms with E-state index in [9.17, 15) is 20.1 Å². The summed E-state index contributed by atoms with van der Waals surface area (Å²) >= 11 is 0. The number of carbonyl (C=O) groups is 1. The highest BCUT2D eigenvalue weighted by Crippen LogP contribution is 2.32. The molecule has 3 heterocycles. The lowest BCUT2D eigenvalue weighted by atomic mass is 10.1. The van der Waals surface area contributed by atoms with Crippen molar-refractivity contribution in [3.63, 3.8) is 0 Å². The molecule has 4 rings (SSSR count). The van der Waals surface area contributed by atoms with Crippen molar-refractivity contribution in [1.29, 1.82) is 0 Å². The number of hydrogen-bond donors (Lipinski definition) is 4. The average Bonchev–Trinajstić information content (AvgIpc) is 3.25. The van der Waals surface area contributed by atoms with Gasteiger partial charge in [0.05, 0.1) is 12.9 Å². The maximum atomic E-state index is 12.4. The molecule has 0 radical (unpaired) electrons. The molecule has 10 nitrogen and oxygen atoms in total. The number of aliphatic hydroxyl groups excluding tert-OH is 3. The lowest BCUT2D eigenvalue weighted by molar-refractivity contribution is -0.0511. The van der Waals surface area contributed by atoms with Gasteiger partial charge < -0.3 is 25.4 Å². The minimum atomic E-state index is -1.27. The number of imidazole rings is 1. The standard InChI is InChI=1S/C17H17N5O5/c23-6-10-12(24)13(25)17(27-10)22-8-20-11-14(18-7-19-15(11)22)21-16(26)9-4-2-1-3-5-9/h1-5,7-8,10,12-13,17,23-25H,6H2,(H,18,19,21,26)/t10-,12+,13-,17-/m0/s1. The number of ether oxygens (including phenoxy) is 1. The summed E-state index contributed by atoms with van der Waals surface area (Å²) in [6.45, 7) is -0.436. The van der Waals surface area contributed by atoms with Crippen LogP contribution in [0.3, 0.4) is 0 Å². The molecule has 10 heteroatoms. The Kier molecular flexibility index (Phi) is 4.54. The molecule has 4 atom stereocenters. The number of benzene rings is 1. The summed E-state index contributed by atoms with van der Waals surface area (Å²) in [6, 6.07) is 8.65. The maximum absolute atomic E-state index is 12.4. The number of rotatable bonds is 4. The van der Waals surface area contributed by atoms with E-state index in [1.165, 1.54) is 17.2 Å². The molecule has 1 fully saturated rings. The highest BCUT2D eigenvalue weighted by molar-refractivity contribution is 6.06. The van der Waals surface area contributed by atoms with Crippen LogP contribution in [0.4, 0.5) is 5.82 Å². The smallest absolute Gasteiger partial charge is 0.256 e. The normalized spacial score (nSPS) is 25.0. The molecule has 1 saturated heterocycles. The molecule has 140 valence electrons. The van der Waals surface area contributed by atoms with Gasteiger partial charge in [-0.15, -0.1) is 0 Å². The first-order valence-corrected chi connectivity index (χ1v) is 8.26. The maximum Gasteiger partial charge on any atom is 0.256 e. The summed E-state index contributed by atoms with van der Waals surface area (Å²) in [5.41, 5.74) is 1.08. The summed E-state index contributed by atoms with van der Waals surface area (Å²) < 4.78 is 6.93. The van der Waals surface area contributed by atoms with E-state index in [1.54, 1.807) is 24.3 Å². The Balaban J connectivity index is 1.65. The summed E-state index contributed by atoms with van der Waals surface area (Å²) in [5.74, 6) is -0.141. The van der Waals surface area contributed by atoms with Crippen molar-refractivity contribution in [2.24, 2.45) is 0 Å². The van der Waals surface area contributed by atoms with Gasteiger partial charge in [0, 0.05) is 5.56 Å². The van der Waals surface area contributed by atoms with Crippen molar-refractivity contribution in [2.45, 2.75) is 24.5 Å². The number of fused-ring (bicyclic) bond motifs is 1. The predicted molar refractivity (Wildman–Crippen MR) is 92.7 cm³/mol. The molecule has 1 aliphatic heterocycles. The summed E-state index contributed by atoms with van der Waals surface area (Å²) in [6.07, 6.45) is -1.77. The van der Waals surface area contributed by atoms with Gasteiger partial charge in [-0.25, -0.2) is 15.0 Å². The minimum Gasteiger partial charge on any atom is -0.394 e. The first-order chi connectivity index (χ1) is 13.1. The molecular weight excluding hydrogens is 354 g/mol. The molecule has 2 aromatic heterocycles. The van der Waals surface area contributed by atoms with Crippen molar-refractivity contribution in [2.75, 3.05) is 11.9 Å². The number of aromatic nitrogens is 4. The fourth-order valence-corrected chi connectivity index (χ4v) is 3.01. The molecule has 3 aromatic rings. The molecule has 27 heavy (non-hydrogen) atoms. The van der Waals surface area contributed by atoms with E-state index in [0.717, 1.165) is 0 Å². The Bertz CT molecular complexity index is 963. The number of hydrogen-bond acceptors (Lipinski definition) is 8. The number of amides is 1. The van der Waals surface area contributed by atoms with Gasteiger partial charge in [0.25, 0.3) is 5.91 Å². The molecule has 4 N–H and O–H groups in total. The second-order valence-corrected chi connectivity index (χ2v) is 6.10. The highest BCUT2D eigenvalue weighted by atomic mass is 16.6. The zero-order valence-electron chi connectivity index (χ0n) is 14.0. The van der Waals surface area contributed by atoms with Crippen LogP contribution in [0.1, 0.15) is 16.6 Å². The Hall–Kier alpha value is -2.92. The lowest BCUT2D eigenvalue weighted by Gasteiger charge is -2.16. The number of anilines is 1. The largest absolute Gasteiger partial charge is 0.394 e. The van der Waals surface area contributed by atoms with Gasteiger partial charge in [-0.2, -0.15) is 0 Å². The van der Waals surface area contributed by atoms with E-state index in [1.807, 2.05) is 6.07 Å². The van der Waals surface area contributed by atoms with Gasteiger partial charge in [-0.1, -0.05) is 18.2 Å². The van der Waals surface area contributed by atoms with Crippen LogP contribution in [0.2, 0.25) is 0 Å². The van der Waals surface area contributed by atoms with E-state index in [0.29, 0.717) is 16.7 Å². The molecule has 0 spiro atoms. The van der Waals surface area contributed by atoms with Crippen molar-refractivity contribution >= 4 is 22.9 Å². The van der Waals surface area contributed by atoms with Crippen molar-refractivity contribution < 1.29 is 24.9 Å². The number of nitrogens with zero attached hydrogens (tertiary/aromatic N) is 4. The first-order valence-electron chi connectivity index (χ1n) is 8.26. The Labute approximate surface area is 153 Å². The second-order valence-electron chi connectivity index (χ2n) is 6.10. The zero-order valence-corrected chi connectivity index (χ0v) is 14.0. The molecule has 0 unspecified atom stereocenters. The summed E-state index contributed by atoms with van der Waals surface area (Å²) in [5, 5.41) is 32.1. The quantitative estimate of drug-likeness (QED) is 0.489. The van der Waals surface area contributed by atoms with Gasteiger partial charge in [-0.3, -0.25) is 9.36 Å². The Morgan fingerprint density at radius 1 is 1.15 bits per heavy atom. The molecule has 0 bridgehead atoms. The molecule has 1 aromatic carbocycles. The van der Waals surface area contributed by atoms with Gasteiger partial charge in [0.2, 0.25) is 0 Å². The predicted octanol–water partition coefficient (Wildman–Crippen LogP) is -0.310. The van der Waals surface area contributed by atoms with Crippen LogP contribution >= 0.6 is 0 Å². The van der Waals surface area contributed by atoms with Crippen LogP contribution in [-0.2, 0) is 4.74 Å². The van der Waals surface area contributed by atoms with Crippen molar-refractivity contribution in [3.8, 4) is 0 Å². The zero-order chi connectivity index (χ0) is 19.0. The molecule has 1 amide bonds. The summed E-state index contributed by atoms with van der Waals surface area (Å²) in [7, 11) is 0.